The van der Waals surface area contributed by atoms with Gasteiger partial charge in [-0.25, -0.2) is 0 Å². The third-order valence-corrected chi connectivity index (χ3v) is 5.08. The molecular weight excluding hydrogens is 406 g/mol. The number of nitrogens with one attached hydrogen (secondary N) is 2. The van der Waals surface area contributed by atoms with Crippen LogP contribution in [0.3, 0.4) is 0 Å². The van der Waals surface area contributed by atoms with Crippen molar-refractivity contribution in [2.45, 2.75) is 39.2 Å². The van der Waals surface area contributed by atoms with E-state index in [0.29, 0.717) is 5.56 Å². The molecule has 0 saturated carbocycles. The highest BCUT2D eigenvalue weighted by atomic mass is 32.1. The van der Waals surface area contributed by atoms with E-state index in [2.05, 4.69) is 31.4 Å². The smallest absolute Gasteiger partial charge is 0.326 e. The fourth-order valence-electron chi connectivity index (χ4n) is 2.48. The van der Waals surface area contributed by atoms with Crippen molar-refractivity contribution in [1.29, 1.82) is 0 Å². The zero-order chi connectivity index (χ0) is 22.5. The number of nitrogens with two attached hydrogens (primary N) is 1. The SMILES string of the molecule is CC(OC(=O)CNC(=O)c1ccc(C(C)(C)C)cc1)C(=O)Nc1sccc1C(N)=O. The summed E-state index contributed by atoms with van der Waals surface area (Å²) in [4.78, 5) is 47.6. The average Bonchev–Trinajstić information content (AvgIpc) is 3.13. The molecule has 0 aliphatic rings. The third kappa shape index (κ3) is 6.15. The van der Waals surface area contributed by atoms with Crippen LogP contribution in [0.15, 0.2) is 35.7 Å². The van der Waals surface area contributed by atoms with Crippen LogP contribution in [0.4, 0.5) is 5.00 Å². The number of carbonyl (C=O) groups is 4. The Balaban J connectivity index is 1.84. The van der Waals surface area contributed by atoms with Gasteiger partial charge < -0.3 is 21.1 Å². The Morgan fingerprint density at radius 1 is 1.10 bits per heavy atom. The zero-order valence-corrected chi connectivity index (χ0v) is 18.1. The van der Waals surface area contributed by atoms with Crippen LogP contribution in [-0.2, 0) is 19.7 Å². The van der Waals surface area contributed by atoms with Gasteiger partial charge in [-0.15, -0.1) is 11.3 Å². The van der Waals surface area contributed by atoms with Crippen molar-refractivity contribution in [3.05, 3.63) is 52.4 Å². The monoisotopic (exact) mass is 431 g/mol. The van der Waals surface area contributed by atoms with Crippen molar-refractivity contribution in [3.8, 4) is 0 Å². The summed E-state index contributed by atoms with van der Waals surface area (Å²) in [6, 6.07) is 8.60. The summed E-state index contributed by atoms with van der Waals surface area (Å²) in [5.41, 5.74) is 6.88. The van der Waals surface area contributed by atoms with Gasteiger partial charge >= 0.3 is 5.97 Å². The van der Waals surface area contributed by atoms with Gasteiger partial charge in [0.1, 0.15) is 11.5 Å². The summed E-state index contributed by atoms with van der Waals surface area (Å²) < 4.78 is 5.03. The molecule has 0 spiro atoms. The number of anilines is 1. The molecule has 160 valence electrons. The Morgan fingerprint density at radius 2 is 1.73 bits per heavy atom. The molecule has 30 heavy (non-hydrogen) atoms. The number of esters is 1. The molecular formula is C21H25N3O5S. The molecule has 2 aromatic rings. The predicted molar refractivity (Wildman–Crippen MR) is 114 cm³/mol. The first-order valence-electron chi connectivity index (χ1n) is 9.25. The third-order valence-electron chi connectivity index (χ3n) is 4.25. The van der Waals surface area contributed by atoms with Gasteiger partial charge in [-0.2, -0.15) is 0 Å². The van der Waals surface area contributed by atoms with E-state index in [0.717, 1.165) is 16.9 Å². The van der Waals surface area contributed by atoms with Crippen LogP contribution in [-0.4, -0.2) is 36.3 Å². The quantitative estimate of drug-likeness (QED) is 0.580. The maximum atomic E-state index is 12.2. The Hall–Kier alpha value is -3.20. The van der Waals surface area contributed by atoms with Crippen molar-refractivity contribution in [1.82, 2.24) is 5.32 Å². The van der Waals surface area contributed by atoms with Gasteiger partial charge in [-0.05, 0) is 41.5 Å². The topological polar surface area (TPSA) is 128 Å². The lowest BCUT2D eigenvalue weighted by molar-refractivity contribution is -0.152. The minimum atomic E-state index is -1.12. The number of benzene rings is 1. The maximum absolute atomic E-state index is 12.2. The lowest BCUT2D eigenvalue weighted by Crippen LogP contribution is -2.36. The van der Waals surface area contributed by atoms with E-state index < -0.39 is 29.8 Å². The number of thiophene rings is 1. The molecule has 0 aliphatic carbocycles. The van der Waals surface area contributed by atoms with Crippen molar-refractivity contribution >= 4 is 40.0 Å². The van der Waals surface area contributed by atoms with E-state index in [1.165, 1.54) is 13.0 Å². The number of hydrogen-bond donors (Lipinski definition) is 3. The molecule has 1 aromatic heterocycles. The number of hydrogen-bond acceptors (Lipinski definition) is 6. The number of ether oxygens (including phenoxy) is 1. The Morgan fingerprint density at radius 3 is 2.30 bits per heavy atom. The Labute approximate surface area is 178 Å². The number of primary amides is 1. The van der Waals surface area contributed by atoms with Crippen molar-refractivity contribution in [2.75, 3.05) is 11.9 Å². The highest BCUT2D eigenvalue weighted by Crippen LogP contribution is 2.23. The van der Waals surface area contributed by atoms with E-state index in [-0.39, 0.29) is 22.5 Å². The van der Waals surface area contributed by atoms with Crippen molar-refractivity contribution < 1.29 is 23.9 Å². The van der Waals surface area contributed by atoms with Crippen LogP contribution < -0.4 is 16.4 Å². The molecule has 1 aromatic carbocycles. The Kier molecular flexibility index (Phi) is 7.33. The van der Waals surface area contributed by atoms with E-state index in [1.54, 1.807) is 17.5 Å². The van der Waals surface area contributed by atoms with E-state index >= 15 is 0 Å². The molecule has 2 rings (SSSR count). The molecule has 3 amide bonds. The minimum Gasteiger partial charge on any atom is -0.451 e. The second-order valence-corrected chi connectivity index (χ2v) is 8.58. The summed E-state index contributed by atoms with van der Waals surface area (Å²) in [6.07, 6.45) is -1.12. The fourth-order valence-corrected chi connectivity index (χ4v) is 3.28. The first-order chi connectivity index (χ1) is 14.0. The fraction of sp³-hybridized carbons (Fsp3) is 0.333. The van der Waals surface area contributed by atoms with Crippen LogP contribution in [0.25, 0.3) is 0 Å². The number of carbonyl (C=O) groups excluding carboxylic acids is 4. The Bertz CT molecular complexity index is 944. The molecule has 0 fully saturated rings. The molecule has 1 unspecified atom stereocenters. The minimum absolute atomic E-state index is 0.0309. The van der Waals surface area contributed by atoms with Crippen molar-refractivity contribution in [2.24, 2.45) is 5.73 Å². The molecule has 9 heteroatoms. The zero-order valence-electron chi connectivity index (χ0n) is 17.3. The van der Waals surface area contributed by atoms with Crippen LogP contribution >= 0.6 is 11.3 Å². The lowest BCUT2D eigenvalue weighted by atomic mass is 9.87. The maximum Gasteiger partial charge on any atom is 0.326 e. The number of amides is 3. The standard InChI is InChI=1S/C21H25N3O5S/c1-12(18(27)24-20-15(17(22)26)9-10-30-20)29-16(25)11-23-19(28)13-5-7-14(8-6-13)21(2,3)4/h5-10,12H,11H2,1-4H3,(H2,22,26)(H,23,28)(H,24,27). The molecule has 1 heterocycles. The predicted octanol–water partition coefficient (Wildman–Crippen LogP) is 2.44. The molecule has 8 nitrogen and oxygen atoms in total. The second kappa shape index (κ2) is 9.53. The molecule has 0 bridgehead atoms. The summed E-state index contributed by atoms with van der Waals surface area (Å²) in [6.45, 7) is 7.22. The molecule has 1 atom stereocenters. The molecule has 4 N–H and O–H groups in total. The summed E-state index contributed by atoms with van der Waals surface area (Å²) >= 11 is 1.13. The van der Waals surface area contributed by atoms with E-state index in [4.69, 9.17) is 10.5 Å². The molecule has 0 saturated heterocycles. The van der Waals surface area contributed by atoms with Gasteiger partial charge in [0.15, 0.2) is 6.10 Å². The van der Waals surface area contributed by atoms with E-state index in [9.17, 15) is 19.2 Å². The average molecular weight is 432 g/mol. The molecule has 0 aliphatic heterocycles. The highest BCUT2D eigenvalue weighted by molar-refractivity contribution is 7.14. The largest absolute Gasteiger partial charge is 0.451 e. The van der Waals surface area contributed by atoms with Gasteiger partial charge in [0, 0.05) is 5.56 Å². The van der Waals surface area contributed by atoms with Crippen LogP contribution in [0.1, 0.15) is 54.0 Å². The van der Waals surface area contributed by atoms with Gasteiger partial charge in [-0.1, -0.05) is 32.9 Å². The van der Waals surface area contributed by atoms with Gasteiger partial charge in [-0.3, -0.25) is 19.2 Å². The van der Waals surface area contributed by atoms with Gasteiger partial charge in [0.2, 0.25) is 0 Å². The van der Waals surface area contributed by atoms with Crippen LogP contribution in [0, 0.1) is 0 Å². The first-order valence-corrected chi connectivity index (χ1v) is 10.1. The normalized spacial score (nSPS) is 12.0. The second-order valence-electron chi connectivity index (χ2n) is 7.66. The van der Waals surface area contributed by atoms with Crippen molar-refractivity contribution in [3.63, 3.8) is 0 Å². The van der Waals surface area contributed by atoms with Crippen LogP contribution in [0.2, 0.25) is 0 Å². The van der Waals surface area contributed by atoms with Gasteiger partial charge in [0.25, 0.3) is 17.7 Å². The summed E-state index contributed by atoms with van der Waals surface area (Å²) in [5, 5.41) is 6.85. The molecule has 0 radical (unpaired) electrons. The summed E-state index contributed by atoms with van der Waals surface area (Å²) in [5.74, 6) is -2.47. The first kappa shape index (κ1) is 23.1. The summed E-state index contributed by atoms with van der Waals surface area (Å²) in [7, 11) is 0. The van der Waals surface area contributed by atoms with E-state index in [1.807, 2.05) is 12.1 Å². The van der Waals surface area contributed by atoms with Crippen LogP contribution in [0.5, 0.6) is 0 Å². The highest BCUT2D eigenvalue weighted by Gasteiger charge is 2.21. The number of rotatable bonds is 7. The lowest BCUT2D eigenvalue weighted by Gasteiger charge is -2.19. The van der Waals surface area contributed by atoms with Gasteiger partial charge in [0.05, 0.1) is 5.56 Å².